The van der Waals surface area contributed by atoms with E-state index >= 15 is 8.78 Å². The maximum atomic E-state index is 15.5. The summed E-state index contributed by atoms with van der Waals surface area (Å²) in [7, 11) is 0. The molecule has 3 aliphatic rings. The fraction of sp³-hybridized carbons (Fsp3) is 0.769. The van der Waals surface area contributed by atoms with Crippen LogP contribution in [0.25, 0.3) is 0 Å². The lowest BCUT2D eigenvalue weighted by atomic mass is 9.63. The molecule has 156 valence electrons. The lowest BCUT2D eigenvalue weighted by molar-refractivity contribution is 0.112. The summed E-state index contributed by atoms with van der Waals surface area (Å²) in [6, 6.07) is 1.71. The predicted octanol–water partition coefficient (Wildman–Crippen LogP) is 7.97. The van der Waals surface area contributed by atoms with Crippen molar-refractivity contribution in [2.75, 3.05) is 0 Å². The van der Waals surface area contributed by atoms with E-state index in [1.54, 1.807) is 6.07 Å². The number of rotatable bonds is 5. The second-order valence-corrected chi connectivity index (χ2v) is 10.1. The number of hydrogen-bond acceptors (Lipinski definition) is 0. The highest BCUT2D eigenvalue weighted by atomic mass is 19.1. The third kappa shape index (κ3) is 4.03. The molecular weight excluding hydrogens is 350 g/mol. The van der Waals surface area contributed by atoms with Gasteiger partial charge in [0.15, 0.2) is 0 Å². The van der Waals surface area contributed by atoms with Gasteiger partial charge in [0.25, 0.3) is 0 Å². The van der Waals surface area contributed by atoms with E-state index in [-0.39, 0.29) is 17.6 Å². The molecule has 0 amide bonds. The van der Waals surface area contributed by atoms with E-state index < -0.39 is 0 Å². The molecule has 0 bridgehead atoms. The van der Waals surface area contributed by atoms with Gasteiger partial charge in [0.05, 0.1) is 0 Å². The molecule has 2 saturated carbocycles. The second kappa shape index (κ2) is 8.84. The summed E-state index contributed by atoms with van der Waals surface area (Å²) in [5.74, 6) is 2.68. The van der Waals surface area contributed by atoms with Crippen molar-refractivity contribution in [3.63, 3.8) is 0 Å². The monoisotopic (exact) mass is 388 g/mol. The summed E-state index contributed by atoms with van der Waals surface area (Å²) in [6.07, 6.45) is 14.8. The zero-order chi connectivity index (χ0) is 19.7. The molecule has 0 aliphatic heterocycles. The van der Waals surface area contributed by atoms with Gasteiger partial charge in [0, 0.05) is 5.56 Å². The minimum Gasteiger partial charge on any atom is -0.207 e. The summed E-state index contributed by atoms with van der Waals surface area (Å²) in [6.45, 7) is 4.49. The standard InChI is InChI=1S/C26H38F2/c1-3-5-17-7-9-20-15-21(11-10-19(20)13-17)25-24(27)16-22-14-18(6-4-2)8-12-23(22)26(25)28/h16-21H,3-15H2,1-2H3. The van der Waals surface area contributed by atoms with Crippen molar-refractivity contribution in [1.82, 2.24) is 0 Å². The van der Waals surface area contributed by atoms with Crippen LogP contribution in [-0.4, -0.2) is 0 Å². The SMILES string of the molecule is CCCC1CCc2c(cc(F)c(C3CCC4CC(CCC)CCC4C3)c2F)C1. The van der Waals surface area contributed by atoms with Crippen LogP contribution in [0.5, 0.6) is 0 Å². The van der Waals surface area contributed by atoms with Crippen LogP contribution in [0.15, 0.2) is 6.07 Å². The third-order valence-electron chi connectivity index (χ3n) is 8.28. The first-order valence-corrected chi connectivity index (χ1v) is 12.1. The quantitative estimate of drug-likeness (QED) is 0.480. The minimum absolute atomic E-state index is 0.0997. The number of benzene rings is 1. The summed E-state index contributed by atoms with van der Waals surface area (Å²) >= 11 is 0. The average Bonchev–Trinajstić information content (AvgIpc) is 2.68. The maximum absolute atomic E-state index is 15.5. The van der Waals surface area contributed by atoms with E-state index in [0.717, 1.165) is 61.5 Å². The van der Waals surface area contributed by atoms with Gasteiger partial charge in [-0.3, -0.25) is 0 Å². The topological polar surface area (TPSA) is 0 Å². The van der Waals surface area contributed by atoms with Gasteiger partial charge in [-0.25, -0.2) is 8.78 Å². The Kier molecular flexibility index (Phi) is 6.43. The summed E-state index contributed by atoms with van der Waals surface area (Å²) in [5.41, 5.74) is 2.25. The van der Waals surface area contributed by atoms with E-state index in [1.807, 2.05) is 0 Å². The average molecular weight is 389 g/mol. The van der Waals surface area contributed by atoms with Gasteiger partial charge in [0.1, 0.15) is 11.6 Å². The van der Waals surface area contributed by atoms with Crippen LogP contribution in [0.3, 0.4) is 0 Å². The van der Waals surface area contributed by atoms with Gasteiger partial charge in [-0.15, -0.1) is 0 Å². The van der Waals surface area contributed by atoms with Crippen molar-refractivity contribution in [2.45, 2.75) is 103 Å². The molecule has 0 aromatic heterocycles. The second-order valence-electron chi connectivity index (χ2n) is 10.1. The summed E-state index contributed by atoms with van der Waals surface area (Å²) in [4.78, 5) is 0. The molecule has 2 fully saturated rings. The van der Waals surface area contributed by atoms with Crippen molar-refractivity contribution < 1.29 is 8.78 Å². The summed E-state index contributed by atoms with van der Waals surface area (Å²) < 4.78 is 30.5. The van der Waals surface area contributed by atoms with E-state index in [2.05, 4.69) is 13.8 Å². The molecule has 0 nitrogen and oxygen atoms in total. The molecule has 0 heterocycles. The fourth-order valence-electron chi connectivity index (χ4n) is 6.89. The zero-order valence-electron chi connectivity index (χ0n) is 17.9. The largest absolute Gasteiger partial charge is 0.207 e. The molecule has 5 atom stereocenters. The Morgan fingerprint density at radius 2 is 1.57 bits per heavy atom. The molecule has 2 heteroatoms. The number of halogens is 2. The van der Waals surface area contributed by atoms with Crippen molar-refractivity contribution >= 4 is 0 Å². The first-order chi connectivity index (χ1) is 13.6. The normalized spacial score (nSPS) is 32.6. The van der Waals surface area contributed by atoms with Crippen molar-refractivity contribution in [3.8, 4) is 0 Å². The van der Waals surface area contributed by atoms with Gasteiger partial charge in [-0.05, 0) is 98.1 Å². The molecule has 0 saturated heterocycles. The van der Waals surface area contributed by atoms with Crippen LogP contribution in [0.4, 0.5) is 8.78 Å². The van der Waals surface area contributed by atoms with E-state index in [0.29, 0.717) is 17.4 Å². The Morgan fingerprint density at radius 1 is 0.857 bits per heavy atom. The molecule has 1 aromatic rings. The molecular formula is C26H38F2. The predicted molar refractivity (Wildman–Crippen MR) is 113 cm³/mol. The number of hydrogen-bond donors (Lipinski definition) is 0. The molecule has 4 rings (SSSR count). The zero-order valence-corrected chi connectivity index (χ0v) is 17.9. The molecule has 28 heavy (non-hydrogen) atoms. The molecule has 0 spiro atoms. The van der Waals surface area contributed by atoms with E-state index in [9.17, 15) is 0 Å². The van der Waals surface area contributed by atoms with Crippen LogP contribution < -0.4 is 0 Å². The van der Waals surface area contributed by atoms with Crippen LogP contribution in [0, 0.1) is 35.3 Å². The van der Waals surface area contributed by atoms with Gasteiger partial charge in [-0.1, -0.05) is 46.0 Å². The Balaban J connectivity index is 1.50. The van der Waals surface area contributed by atoms with Gasteiger partial charge in [0.2, 0.25) is 0 Å². The van der Waals surface area contributed by atoms with Crippen LogP contribution in [0.2, 0.25) is 0 Å². The van der Waals surface area contributed by atoms with Gasteiger partial charge >= 0.3 is 0 Å². The van der Waals surface area contributed by atoms with Crippen molar-refractivity contribution in [3.05, 3.63) is 34.4 Å². The molecule has 1 aromatic carbocycles. The van der Waals surface area contributed by atoms with Crippen molar-refractivity contribution in [1.29, 1.82) is 0 Å². The molecule has 5 unspecified atom stereocenters. The number of fused-ring (bicyclic) bond motifs is 2. The van der Waals surface area contributed by atoms with Crippen LogP contribution >= 0.6 is 0 Å². The van der Waals surface area contributed by atoms with Crippen molar-refractivity contribution in [2.24, 2.45) is 23.7 Å². The first kappa shape index (κ1) is 20.4. The highest BCUT2D eigenvalue weighted by Crippen LogP contribution is 2.49. The maximum Gasteiger partial charge on any atom is 0.133 e. The third-order valence-corrected chi connectivity index (χ3v) is 8.28. The minimum atomic E-state index is -0.253. The van der Waals surface area contributed by atoms with Gasteiger partial charge < -0.3 is 0 Å². The fourth-order valence-corrected chi connectivity index (χ4v) is 6.89. The Morgan fingerprint density at radius 3 is 2.36 bits per heavy atom. The van der Waals surface area contributed by atoms with Crippen LogP contribution in [-0.2, 0) is 12.8 Å². The van der Waals surface area contributed by atoms with Crippen LogP contribution in [0.1, 0.15) is 107 Å². The lowest BCUT2D eigenvalue weighted by Gasteiger charge is -2.42. The Bertz CT molecular complexity index is 680. The lowest BCUT2D eigenvalue weighted by Crippen LogP contribution is -2.31. The summed E-state index contributed by atoms with van der Waals surface area (Å²) in [5, 5.41) is 0. The molecule has 0 radical (unpaired) electrons. The van der Waals surface area contributed by atoms with E-state index in [1.165, 1.54) is 44.9 Å². The highest BCUT2D eigenvalue weighted by molar-refractivity contribution is 5.39. The Labute approximate surface area is 170 Å². The smallest absolute Gasteiger partial charge is 0.133 e. The van der Waals surface area contributed by atoms with E-state index in [4.69, 9.17) is 0 Å². The molecule has 0 N–H and O–H groups in total. The van der Waals surface area contributed by atoms with Gasteiger partial charge in [-0.2, -0.15) is 0 Å². The Hall–Kier alpha value is -0.920. The first-order valence-electron chi connectivity index (χ1n) is 12.1. The molecule has 3 aliphatic carbocycles. The highest BCUT2D eigenvalue weighted by Gasteiger charge is 2.38.